The zero-order valence-corrected chi connectivity index (χ0v) is 7.13. The first kappa shape index (κ1) is 7.56. The molecule has 2 nitrogen and oxygen atoms in total. The van der Waals surface area contributed by atoms with E-state index in [0.29, 0.717) is 0 Å². The normalized spacial score (nSPS) is 33.0. The molecule has 1 saturated carbocycles. The van der Waals surface area contributed by atoms with Crippen molar-refractivity contribution >= 4 is 0 Å². The number of hydrogen-bond donors (Lipinski definition) is 1. The van der Waals surface area contributed by atoms with Gasteiger partial charge in [0.1, 0.15) is 0 Å². The van der Waals surface area contributed by atoms with Crippen LogP contribution in [0.5, 0.6) is 0 Å². The molecule has 0 aromatic rings. The number of likely N-dealkylation sites (tertiary alicyclic amines) is 1. The summed E-state index contributed by atoms with van der Waals surface area (Å²) in [7, 11) is 0. The molecule has 2 aliphatic rings. The lowest BCUT2D eigenvalue weighted by Crippen LogP contribution is -2.35. The van der Waals surface area contributed by atoms with E-state index in [-0.39, 0.29) is 0 Å². The molecule has 11 heavy (non-hydrogen) atoms. The van der Waals surface area contributed by atoms with Crippen LogP contribution in [0.15, 0.2) is 0 Å². The van der Waals surface area contributed by atoms with Crippen molar-refractivity contribution < 1.29 is 0 Å². The second-order valence-corrected chi connectivity index (χ2v) is 3.87. The van der Waals surface area contributed by atoms with Gasteiger partial charge in [0.05, 0.1) is 0 Å². The van der Waals surface area contributed by atoms with Gasteiger partial charge < -0.3 is 5.73 Å². The van der Waals surface area contributed by atoms with E-state index >= 15 is 0 Å². The first-order valence-electron chi connectivity index (χ1n) is 4.86. The van der Waals surface area contributed by atoms with Crippen molar-refractivity contribution in [3.8, 4) is 0 Å². The fourth-order valence-electron chi connectivity index (χ4n) is 2.31. The third kappa shape index (κ3) is 1.57. The van der Waals surface area contributed by atoms with E-state index in [0.717, 1.165) is 25.0 Å². The topological polar surface area (TPSA) is 29.3 Å². The summed E-state index contributed by atoms with van der Waals surface area (Å²) in [5.41, 5.74) is 5.55. The molecule has 1 heterocycles. The van der Waals surface area contributed by atoms with Crippen LogP contribution in [0.1, 0.15) is 25.7 Å². The third-order valence-electron chi connectivity index (χ3n) is 3.00. The van der Waals surface area contributed by atoms with Gasteiger partial charge in [-0.15, -0.1) is 0 Å². The molecule has 1 saturated heterocycles. The van der Waals surface area contributed by atoms with Crippen molar-refractivity contribution in [2.24, 2.45) is 11.7 Å². The fraction of sp³-hybridized carbons (Fsp3) is 1.00. The average molecular weight is 154 g/mol. The maximum atomic E-state index is 5.55. The molecule has 0 radical (unpaired) electrons. The van der Waals surface area contributed by atoms with Crippen LogP contribution in [0.4, 0.5) is 0 Å². The molecule has 1 unspecified atom stereocenters. The highest BCUT2D eigenvalue weighted by atomic mass is 15.2. The highest BCUT2D eigenvalue weighted by Gasteiger charge is 2.37. The van der Waals surface area contributed by atoms with Gasteiger partial charge >= 0.3 is 0 Å². The molecule has 0 aromatic heterocycles. The summed E-state index contributed by atoms with van der Waals surface area (Å²) in [4.78, 5) is 2.59. The van der Waals surface area contributed by atoms with Crippen molar-refractivity contribution in [3.63, 3.8) is 0 Å². The lowest BCUT2D eigenvalue weighted by atomic mass is 10.1. The molecule has 1 aliphatic heterocycles. The molecule has 0 aromatic carbocycles. The average Bonchev–Trinajstić information content (AvgIpc) is 2.75. The van der Waals surface area contributed by atoms with Gasteiger partial charge in [0.15, 0.2) is 0 Å². The van der Waals surface area contributed by atoms with Crippen molar-refractivity contribution in [2.45, 2.75) is 31.7 Å². The van der Waals surface area contributed by atoms with Crippen LogP contribution in [0, 0.1) is 5.92 Å². The molecule has 2 fully saturated rings. The number of nitrogens with two attached hydrogens (primary N) is 1. The van der Waals surface area contributed by atoms with Crippen molar-refractivity contribution in [1.82, 2.24) is 4.90 Å². The molecule has 2 rings (SSSR count). The first-order chi connectivity index (χ1) is 5.42. The van der Waals surface area contributed by atoms with Crippen LogP contribution in [-0.2, 0) is 0 Å². The predicted molar refractivity (Wildman–Crippen MR) is 46.4 cm³/mol. The molecule has 0 spiro atoms. The van der Waals surface area contributed by atoms with Crippen molar-refractivity contribution in [1.29, 1.82) is 0 Å². The summed E-state index contributed by atoms with van der Waals surface area (Å²) in [6.07, 6.45) is 5.79. The Hall–Kier alpha value is -0.0800. The fourth-order valence-corrected chi connectivity index (χ4v) is 2.31. The third-order valence-corrected chi connectivity index (χ3v) is 3.00. The molecule has 2 N–H and O–H groups in total. The molecule has 0 bridgehead atoms. The Bertz CT molecular complexity index is 132. The molecular formula is C9H18N2. The van der Waals surface area contributed by atoms with E-state index in [1.165, 1.54) is 32.2 Å². The SMILES string of the molecule is NCCN1CCCC1C1CC1. The van der Waals surface area contributed by atoms with Crippen LogP contribution < -0.4 is 5.73 Å². The molecular weight excluding hydrogens is 136 g/mol. The Kier molecular flexibility index (Phi) is 2.14. The van der Waals surface area contributed by atoms with Crippen LogP contribution >= 0.6 is 0 Å². The van der Waals surface area contributed by atoms with Gasteiger partial charge in [-0.05, 0) is 38.1 Å². The summed E-state index contributed by atoms with van der Waals surface area (Å²) in [5, 5.41) is 0. The van der Waals surface area contributed by atoms with Gasteiger partial charge in [0.25, 0.3) is 0 Å². The quantitative estimate of drug-likeness (QED) is 0.652. The Labute approximate surface area is 68.7 Å². The van der Waals surface area contributed by atoms with Crippen LogP contribution in [-0.4, -0.2) is 30.6 Å². The maximum Gasteiger partial charge on any atom is 0.0124 e. The zero-order valence-electron chi connectivity index (χ0n) is 7.13. The second-order valence-electron chi connectivity index (χ2n) is 3.87. The highest BCUT2D eigenvalue weighted by Crippen LogP contribution is 2.39. The van der Waals surface area contributed by atoms with E-state index in [9.17, 15) is 0 Å². The van der Waals surface area contributed by atoms with Gasteiger partial charge in [-0.3, -0.25) is 4.90 Å². The molecule has 2 heteroatoms. The summed E-state index contributed by atoms with van der Waals surface area (Å²) in [6.45, 7) is 3.27. The van der Waals surface area contributed by atoms with E-state index in [1.54, 1.807) is 0 Å². The monoisotopic (exact) mass is 154 g/mol. The van der Waals surface area contributed by atoms with Crippen LogP contribution in [0.25, 0.3) is 0 Å². The largest absolute Gasteiger partial charge is 0.329 e. The van der Waals surface area contributed by atoms with E-state index in [4.69, 9.17) is 5.73 Å². The summed E-state index contributed by atoms with van der Waals surface area (Å²) < 4.78 is 0. The van der Waals surface area contributed by atoms with Crippen molar-refractivity contribution in [2.75, 3.05) is 19.6 Å². The Balaban J connectivity index is 1.85. The van der Waals surface area contributed by atoms with Gasteiger partial charge in [-0.1, -0.05) is 0 Å². The summed E-state index contributed by atoms with van der Waals surface area (Å²) >= 11 is 0. The second kappa shape index (κ2) is 3.11. The smallest absolute Gasteiger partial charge is 0.0124 e. The minimum absolute atomic E-state index is 0.837. The summed E-state index contributed by atoms with van der Waals surface area (Å²) in [5.74, 6) is 1.05. The standard InChI is InChI=1S/C9H18N2/c10-5-7-11-6-1-2-9(11)8-3-4-8/h8-9H,1-7,10H2. The number of rotatable bonds is 3. The van der Waals surface area contributed by atoms with Gasteiger partial charge in [0.2, 0.25) is 0 Å². The van der Waals surface area contributed by atoms with Gasteiger partial charge in [-0.2, -0.15) is 0 Å². The van der Waals surface area contributed by atoms with Gasteiger partial charge in [-0.25, -0.2) is 0 Å². The Morgan fingerprint density at radius 1 is 1.27 bits per heavy atom. The predicted octanol–water partition coefficient (Wildman–Crippen LogP) is 0.819. The number of nitrogens with zero attached hydrogens (tertiary/aromatic N) is 1. The first-order valence-corrected chi connectivity index (χ1v) is 4.86. The zero-order chi connectivity index (χ0) is 7.68. The maximum absolute atomic E-state index is 5.55. The molecule has 1 aliphatic carbocycles. The summed E-state index contributed by atoms with van der Waals surface area (Å²) in [6, 6.07) is 0.915. The van der Waals surface area contributed by atoms with E-state index < -0.39 is 0 Å². The van der Waals surface area contributed by atoms with Crippen molar-refractivity contribution in [3.05, 3.63) is 0 Å². The minimum atomic E-state index is 0.837. The lowest BCUT2D eigenvalue weighted by molar-refractivity contribution is 0.238. The lowest BCUT2D eigenvalue weighted by Gasteiger charge is -2.23. The van der Waals surface area contributed by atoms with Gasteiger partial charge in [0, 0.05) is 19.1 Å². The minimum Gasteiger partial charge on any atom is -0.329 e. The van der Waals surface area contributed by atoms with Crippen LogP contribution in [0.3, 0.4) is 0 Å². The van der Waals surface area contributed by atoms with E-state index in [1.807, 2.05) is 0 Å². The molecule has 1 atom stereocenters. The Morgan fingerprint density at radius 3 is 2.73 bits per heavy atom. The van der Waals surface area contributed by atoms with Crippen LogP contribution in [0.2, 0.25) is 0 Å². The number of hydrogen-bond acceptors (Lipinski definition) is 2. The highest BCUT2D eigenvalue weighted by molar-refractivity contribution is 4.91. The molecule has 0 amide bonds. The van der Waals surface area contributed by atoms with E-state index in [2.05, 4.69) is 4.90 Å². The molecule has 64 valence electrons. The Morgan fingerprint density at radius 2 is 2.09 bits per heavy atom.